The van der Waals surface area contributed by atoms with E-state index in [0.29, 0.717) is 28.2 Å². The first-order chi connectivity index (χ1) is 20.8. The predicted octanol–water partition coefficient (Wildman–Crippen LogP) is 5.76. The molecule has 3 aromatic carbocycles. The monoisotopic (exact) mass is 583 g/mol. The fraction of sp³-hybridized carbons (Fsp3) is 0.219. The third kappa shape index (κ3) is 5.66. The van der Waals surface area contributed by atoms with Crippen molar-refractivity contribution in [3.8, 4) is 5.69 Å². The normalized spacial score (nSPS) is 14.0. The van der Waals surface area contributed by atoms with Crippen molar-refractivity contribution in [2.75, 3.05) is 22.9 Å². The summed E-state index contributed by atoms with van der Waals surface area (Å²) in [4.78, 5) is 44.9. The molecule has 43 heavy (non-hydrogen) atoms. The van der Waals surface area contributed by atoms with Gasteiger partial charge in [0.15, 0.2) is 0 Å². The van der Waals surface area contributed by atoms with E-state index in [0.717, 1.165) is 24.3 Å². The molecule has 0 aliphatic carbocycles. The number of hydrogen-bond donors (Lipinski definition) is 3. The Labute approximate surface area is 248 Å². The molecule has 2 heterocycles. The van der Waals surface area contributed by atoms with Crippen LogP contribution in [0.3, 0.4) is 0 Å². The molecule has 0 fully saturated rings. The molecule has 0 saturated carbocycles. The molecule has 11 nitrogen and oxygen atoms in total. The number of amides is 1. The number of aliphatic imine (C=N–C) groups is 1. The van der Waals surface area contributed by atoms with Crippen molar-refractivity contribution >= 4 is 40.1 Å². The van der Waals surface area contributed by atoms with E-state index in [1.54, 1.807) is 48.5 Å². The summed E-state index contributed by atoms with van der Waals surface area (Å²) in [5.74, 6) is -0.207. The zero-order valence-electron chi connectivity index (χ0n) is 24.2. The number of anilines is 3. The summed E-state index contributed by atoms with van der Waals surface area (Å²) >= 11 is 0. The first kappa shape index (κ1) is 29.7. The number of carbonyl (C=O) groups excluding carboxylic acids is 1. The molecular formula is C32H33N5O6. The number of aromatic nitrogens is 2. The van der Waals surface area contributed by atoms with Gasteiger partial charge < -0.3 is 4.90 Å². The second-order valence-corrected chi connectivity index (χ2v) is 10.1. The highest BCUT2D eigenvalue weighted by Gasteiger charge is 2.38. The van der Waals surface area contributed by atoms with Gasteiger partial charge in [0, 0.05) is 24.4 Å². The summed E-state index contributed by atoms with van der Waals surface area (Å²) in [6, 6.07) is 19.5. The largest absolute Gasteiger partial charge is 0.372 e. The van der Waals surface area contributed by atoms with Gasteiger partial charge >= 0.3 is 0 Å². The summed E-state index contributed by atoms with van der Waals surface area (Å²) < 4.78 is 1.33. The van der Waals surface area contributed by atoms with Crippen LogP contribution in [0.2, 0.25) is 0 Å². The van der Waals surface area contributed by atoms with Crippen molar-refractivity contribution in [3.63, 3.8) is 0 Å². The highest BCUT2D eigenvalue weighted by Crippen LogP contribution is 2.37. The number of benzene rings is 3. The predicted molar refractivity (Wildman–Crippen MR) is 166 cm³/mol. The van der Waals surface area contributed by atoms with E-state index in [1.165, 1.54) is 9.58 Å². The molecule has 0 saturated heterocycles. The Morgan fingerprint density at radius 2 is 1.47 bits per heavy atom. The number of aryl methyl sites for hydroxylation is 1. The molecule has 1 amide bonds. The minimum Gasteiger partial charge on any atom is -0.372 e. The Balaban J connectivity index is 1.65. The number of aromatic amines is 1. The van der Waals surface area contributed by atoms with Gasteiger partial charge in [0.2, 0.25) is 0 Å². The maximum atomic E-state index is 14.2. The van der Waals surface area contributed by atoms with E-state index in [4.69, 9.17) is 15.5 Å². The zero-order valence-corrected chi connectivity index (χ0v) is 24.2. The van der Waals surface area contributed by atoms with Crippen molar-refractivity contribution in [3.05, 3.63) is 106 Å². The zero-order chi connectivity index (χ0) is 30.7. The number of H-pyrrole nitrogens is 1. The number of hydrogen-bond acceptors (Lipinski definition) is 8. The van der Waals surface area contributed by atoms with Gasteiger partial charge in [-0.3, -0.25) is 30.1 Å². The van der Waals surface area contributed by atoms with Crippen molar-refractivity contribution in [2.45, 2.75) is 34.0 Å². The molecule has 0 radical (unpaired) electrons. The van der Waals surface area contributed by atoms with Gasteiger partial charge in [0.05, 0.1) is 22.6 Å². The lowest BCUT2D eigenvalue weighted by atomic mass is 9.98. The Bertz CT molecular complexity index is 1730. The highest BCUT2D eigenvalue weighted by atomic mass is 17.1. The molecule has 1 aliphatic heterocycles. The maximum Gasteiger partial charge on any atom is 0.283 e. The first-order valence-electron chi connectivity index (χ1n) is 13.9. The van der Waals surface area contributed by atoms with Crippen LogP contribution in [0.15, 0.2) is 83.1 Å². The summed E-state index contributed by atoms with van der Waals surface area (Å²) in [6.07, 6.45) is 0. The maximum absolute atomic E-state index is 14.2. The minimum atomic E-state index is -0.459. The number of nitrogens with zero attached hydrogens (tertiary/aromatic N) is 4. The van der Waals surface area contributed by atoms with Gasteiger partial charge in [-0.1, -0.05) is 30.8 Å². The van der Waals surface area contributed by atoms with E-state index < -0.39 is 11.5 Å². The molecule has 11 heteroatoms. The topological polar surface area (TPSA) is 133 Å². The minimum absolute atomic E-state index is 0.00193. The summed E-state index contributed by atoms with van der Waals surface area (Å²) in [6.45, 7) is 12.0. The van der Waals surface area contributed by atoms with E-state index in [2.05, 4.69) is 40.2 Å². The Morgan fingerprint density at radius 1 is 0.884 bits per heavy atom. The second kappa shape index (κ2) is 12.6. The van der Waals surface area contributed by atoms with Crippen molar-refractivity contribution < 1.29 is 25.1 Å². The van der Waals surface area contributed by atoms with Crippen molar-refractivity contribution in [1.29, 1.82) is 0 Å². The molecule has 1 aliphatic rings. The summed E-state index contributed by atoms with van der Waals surface area (Å²) in [7, 11) is 0. The molecule has 5 rings (SSSR count). The van der Waals surface area contributed by atoms with Crippen LogP contribution in [-0.4, -0.2) is 45.0 Å². The molecule has 0 atom stereocenters. The van der Waals surface area contributed by atoms with Crippen LogP contribution in [-0.2, 0) is 27.8 Å². The van der Waals surface area contributed by atoms with Gasteiger partial charge in [0.25, 0.3) is 11.5 Å². The number of fused-ring (bicyclic) bond motifs is 1. The third-order valence-corrected chi connectivity index (χ3v) is 7.48. The number of carbonyl (C=O) groups is 1. The molecule has 4 aromatic rings. The van der Waals surface area contributed by atoms with Crippen LogP contribution in [0.1, 0.15) is 36.1 Å². The van der Waals surface area contributed by atoms with Crippen LogP contribution in [0.25, 0.3) is 11.3 Å². The average Bonchev–Trinajstić information content (AvgIpc) is 3.35. The Morgan fingerprint density at radius 3 is 2.00 bits per heavy atom. The van der Waals surface area contributed by atoms with Gasteiger partial charge in [-0.2, -0.15) is 0 Å². The highest BCUT2D eigenvalue weighted by molar-refractivity contribution is 6.61. The van der Waals surface area contributed by atoms with E-state index in [9.17, 15) is 9.59 Å². The van der Waals surface area contributed by atoms with Crippen LogP contribution in [0.5, 0.6) is 0 Å². The molecule has 0 unspecified atom stereocenters. The lowest BCUT2D eigenvalue weighted by molar-refractivity contribution is -0.253. The van der Waals surface area contributed by atoms with E-state index >= 15 is 0 Å². The van der Waals surface area contributed by atoms with Gasteiger partial charge in [-0.05, 0) is 79.9 Å². The Hall–Kier alpha value is -4.81. The van der Waals surface area contributed by atoms with Crippen LogP contribution in [0, 0.1) is 6.92 Å². The van der Waals surface area contributed by atoms with Crippen molar-refractivity contribution in [2.24, 2.45) is 4.99 Å². The van der Waals surface area contributed by atoms with Crippen LogP contribution in [0.4, 0.5) is 22.9 Å². The van der Waals surface area contributed by atoms with Crippen LogP contribution >= 0.6 is 0 Å². The molecule has 1 aromatic heterocycles. The average molecular weight is 584 g/mol. The lowest BCUT2D eigenvalue weighted by Gasteiger charge is -2.28. The number of rotatable bonds is 10. The van der Waals surface area contributed by atoms with Crippen LogP contribution < -0.4 is 15.4 Å². The van der Waals surface area contributed by atoms with Gasteiger partial charge in [0.1, 0.15) is 24.7 Å². The third-order valence-electron chi connectivity index (χ3n) is 7.48. The molecule has 222 valence electrons. The second-order valence-electron chi connectivity index (χ2n) is 10.1. The SMILES string of the molecule is C=C1C(=Nc2ccc(N(CC)CC)cc2C)C(=O)N(c2ccc(COO)cc2)c2[nH]n(-c3ccc(COO)cc3)c(=O)c21. The quantitative estimate of drug-likeness (QED) is 0.160. The molecule has 0 spiro atoms. The van der Waals surface area contributed by atoms with Gasteiger partial charge in [-0.25, -0.2) is 19.4 Å². The number of nitrogens with one attached hydrogen (secondary N) is 1. The van der Waals surface area contributed by atoms with Crippen molar-refractivity contribution in [1.82, 2.24) is 9.78 Å². The lowest BCUT2D eigenvalue weighted by Crippen LogP contribution is -2.38. The molecule has 0 bridgehead atoms. The standard InChI is InChI=1S/C32H33N5O6/c1-5-35(6-2)26-15-16-27(20(3)17-26)33-29-21(4)28-30(36(32(29)39)24-11-7-22(8-12-24)18-42-40)34-37(31(28)38)25-13-9-23(10-14-25)19-43-41/h7-17,34,40-41H,4-6,18-19H2,1-3H3. The molecule has 3 N–H and O–H groups in total. The first-order valence-corrected chi connectivity index (χ1v) is 13.9. The summed E-state index contributed by atoms with van der Waals surface area (Å²) in [5, 5.41) is 20.7. The Kier molecular flexibility index (Phi) is 8.69. The fourth-order valence-electron chi connectivity index (χ4n) is 5.16. The van der Waals surface area contributed by atoms with E-state index in [-0.39, 0.29) is 35.9 Å². The summed E-state index contributed by atoms with van der Waals surface area (Å²) in [5.41, 5.74) is 4.98. The smallest absolute Gasteiger partial charge is 0.283 e. The van der Waals surface area contributed by atoms with Gasteiger partial charge in [-0.15, -0.1) is 0 Å². The fourth-order valence-corrected chi connectivity index (χ4v) is 5.16. The van der Waals surface area contributed by atoms with E-state index in [1.807, 2.05) is 25.1 Å². The molecular weight excluding hydrogens is 550 g/mol.